The van der Waals surface area contributed by atoms with Gasteiger partial charge < -0.3 is 11.1 Å². The molecule has 1 aromatic carbocycles. The minimum Gasteiger partial charge on any atom is -0.398 e. The Balaban J connectivity index is 2.25. The number of nitrogens with two attached hydrogens (primary N) is 1. The number of rotatable bonds is 4. The van der Waals surface area contributed by atoms with Crippen LogP contribution in [0.3, 0.4) is 0 Å². The van der Waals surface area contributed by atoms with Crippen LogP contribution in [0.5, 0.6) is 0 Å². The maximum atomic E-state index is 6.02. The van der Waals surface area contributed by atoms with Crippen molar-refractivity contribution in [2.45, 2.75) is 12.5 Å². The fourth-order valence-corrected chi connectivity index (χ4v) is 2.46. The third-order valence-corrected chi connectivity index (χ3v) is 4.27. The molecule has 1 heterocycles. The molecule has 19 heavy (non-hydrogen) atoms. The van der Waals surface area contributed by atoms with E-state index in [1.165, 1.54) is 0 Å². The average Bonchev–Trinajstić information content (AvgIpc) is 2.41. The van der Waals surface area contributed by atoms with Crippen molar-refractivity contribution in [2.75, 3.05) is 12.8 Å². The molecule has 0 aliphatic carbocycles. The summed E-state index contributed by atoms with van der Waals surface area (Å²) >= 11 is 9.46. The maximum Gasteiger partial charge on any atom is 0.0548 e. The summed E-state index contributed by atoms with van der Waals surface area (Å²) in [6.07, 6.45) is 4.29. The standard InChI is InChI=1S/C14H15BrClN3/c1-18-14(7-10-8-19-5-4-13(10)17)9-2-3-12(16)11(15)6-9/h2-6,8,14,18H,7H2,1H3,(H2,17,19). The van der Waals surface area contributed by atoms with E-state index in [0.29, 0.717) is 5.02 Å². The van der Waals surface area contributed by atoms with Gasteiger partial charge >= 0.3 is 0 Å². The first-order valence-corrected chi connectivity index (χ1v) is 7.09. The molecule has 0 spiro atoms. The van der Waals surface area contributed by atoms with Crippen LogP contribution in [0.2, 0.25) is 5.02 Å². The quantitative estimate of drug-likeness (QED) is 0.894. The van der Waals surface area contributed by atoms with Gasteiger partial charge in [0.1, 0.15) is 0 Å². The summed E-state index contributed by atoms with van der Waals surface area (Å²) in [5.74, 6) is 0. The topological polar surface area (TPSA) is 50.9 Å². The number of hydrogen-bond acceptors (Lipinski definition) is 3. The minimum atomic E-state index is 0.167. The van der Waals surface area contributed by atoms with Crippen LogP contribution in [0.4, 0.5) is 5.69 Å². The molecule has 0 saturated heterocycles. The molecule has 1 atom stereocenters. The van der Waals surface area contributed by atoms with E-state index >= 15 is 0 Å². The second-order valence-corrected chi connectivity index (χ2v) is 5.55. The van der Waals surface area contributed by atoms with Gasteiger partial charge in [-0.2, -0.15) is 0 Å². The van der Waals surface area contributed by atoms with Crippen LogP contribution in [-0.2, 0) is 6.42 Å². The van der Waals surface area contributed by atoms with E-state index in [4.69, 9.17) is 17.3 Å². The predicted molar refractivity (Wildman–Crippen MR) is 83.3 cm³/mol. The van der Waals surface area contributed by atoms with Gasteiger partial charge in [0.05, 0.1) is 5.02 Å². The van der Waals surface area contributed by atoms with Crippen molar-refractivity contribution in [3.8, 4) is 0 Å². The molecule has 0 saturated carbocycles. The van der Waals surface area contributed by atoms with Gasteiger partial charge in [0.15, 0.2) is 0 Å². The second kappa shape index (κ2) is 6.37. The molecule has 1 aromatic heterocycles. The van der Waals surface area contributed by atoms with Crippen LogP contribution < -0.4 is 11.1 Å². The molecule has 0 bridgehead atoms. The molecule has 0 aliphatic rings. The fourth-order valence-electron chi connectivity index (χ4n) is 1.94. The highest BCUT2D eigenvalue weighted by Crippen LogP contribution is 2.28. The predicted octanol–water partition coefficient (Wildman–Crippen LogP) is 3.58. The van der Waals surface area contributed by atoms with E-state index in [1.807, 2.05) is 37.5 Å². The maximum absolute atomic E-state index is 6.02. The Bertz CT molecular complexity index is 574. The van der Waals surface area contributed by atoms with E-state index in [2.05, 4.69) is 26.2 Å². The zero-order valence-electron chi connectivity index (χ0n) is 10.5. The van der Waals surface area contributed by atoms with Gasteiger partial charge in [0, 0.05) is 28.6 Å². The van der Waals surface area contributed by atoms with Gasteiger partial charge in [-0.3, -0.25) is 4.98 Å². The molecule has 3 nitrogen and oxygen atoms in total. The number of aromatic nitrogens is 1. The monoisotopic (exact) mass is 339 g/mol. The summed E-state index contributed by atoms with van der Waals surface area (Å²) in [6.45, 7) is 0. The van der Waals surface area contributed by atoms with Crippen molar-refractivity contribution in [3.63, 3.8) is 0 Å². The normalized spacial score (nSPS) is 12.4. The number of nitrogens with one attached hydrogen (secondary N) is 1. The van der Waals surface area contributed by atoms with Crippen LogP contribution in [0.25, 0.3) is 0 Å². The Kier molecular flexibility index (Phi) is 4.80. The Morgan fingerprint density at radius 2 is 2.21 bits per heavy atom. The van der Waals surface area contributed by atoms with E-state index in [1.54, 1.807) is 6.20 Å². The van der Waals surface area contributed by atoms with Gasteiger partial charge in [-0.25, -0.2) is 0 Å². The molecule has 0 fully saturated rings. The van der Waals surface area contributed by atoms with Crippen molar-refractivity contribution < 1.29 is 0 Å². The number of benzene rings is 1. The van der Waals surface area contributed by atoms with E-state index < -0.39 is 0 Å². The van der Waals surface area contributed by atoms with Gasteiger partial charge in [-0.15, -0.1) is 0 Å². The van der Waals surface area contributed by atoms with Crippen LogP contribution in [0.15, 0.2) is 41.1 Å². The van der Waals surface area contributed by atoms with Gasteiger partial charge in [-0.05, 0) is 58.7 Å². The Morgan fingerprint density at radius 3 is 2.84 bits per heavy atom. The molecule has 0 radical (unpaired) electrons. The van der Waals surface area contributed by atoms with E-state index in [9.17, 15) is 0 Å². The molecule has 3 N–H and O–H groups in total. The number of pyridine rings is 1. The third kappa shape index (κ3) is 3.47. The lowest BCUT2D eigenvalue weighted by molar-refractivity contribution is 0.591. The molecular weight excluding hydrogens is 326 g/mol. The summed E-state index contributed by atoms with van der Waals surface area (Å²) in [7, 11) is 1.93. The summed E-state index contributed by atoms with van der Waals surface area (Å²) in [6, 6.07) is 7.91. The highest BCUT2D eigenvalue weighted by Gasteiger charge is 2.13. The molecule has 0 aliphatic heterocycles. The fraction of sp³-hybridized carbons (Fsp3) is 0.214. The Hall–Kier alpha value is -1.10. The molecule has 0 amide bonds. The molecule has 2 rings (SSSR count). The summed E-state index contributed by atoms with van der Waals surface area (Å²) < 4.78 is 0.895. The first kappa shape index (κ1) is 14.3. The van der Waals surface area contributed by atoms with Crippen molar-refractivity contribution in [2.24, 2.45) is 0 Å². The third-order valence-electron chi connectivity index (χ3n) is 3.06. The molecule has 5 heteroatoms. The van der Waals surface area contributed by atoms with E-state index in [0.717, 1.165) is 27.7 Å². The van der Waals surface area contributed by atoms with Crippen molar-refractivity contribution in [3.05, 3.63) is 57.3 Å². The van der Waals surface area contributed by atoms with Crippen LogP contribution in [0.1, 0.15) is 17.2 Å². The lowest BCUT2D eigenvalue weighted by Crippen LogP contribution is -2.19. The number of anilines is 1. The first-order valence-electron chi connectivity index (χ1n) is 5.92. The van der Waals surface area contributed by atoms with Crippen molar-refractivity contribution >= 4 is 33.2 Å². The Labute approximate surface area is 126 Å². The Morgan fingerprint density at radius 1 is 1.42 bits per heavy atom. The zero-order chi connectivity index (χ0) is 13.8. The van der Waals surface area contributed by atoms with Crippen LogP contribution >= 0.6 is 27.5 Å². The number of halogens is 2. The van der Waals surface area contributed by atoms with Crippen LogP contribution in [-0.4, -0.2) is 12.0 Å². The van der Waals surface area contributed by atoms with Crippen molar-refractivity contribution in [1.82, 2.24) is 10.3 Å². The molecule has 1 unspecified atom stereocenters. The average molecular weight is 341 g/mol. The lowest BCUT2D eigenvalue weighted by Gasteiger charge is -2.18. The first-order chi connectivity index (χ1) is 9.11. The van der Waals surface area contributed by atoms with Crippen LogP contribution in [0, 0.1) is 0 Å². The molecule has 100 valence electrons. The highest BCUT2D eigenvalue weighted by molar-refractivity contribution is 9.10. The second-order valence-electron chi connectivity index (χ2n) is 4.29. The SMILES string of the molecule is CNC(Cc1cnccc1N)c1ccc(Cl)c(Br)c1. The number of nitrogen functional groups attached to an aromatic ring is 1. The summed E-state index contributed by atoms with van der Waals surface area (Å²) in [5.41, 5.74) is 8.91. The molecular formula is C14H15BrClN3. The smallest absolute Gasteiger partial charge is 0.0548 e. The highest BCUT2D eigenvalue weighted by atomic mass is 79.9. The largest absolute Gasteiger partial charge is 0.398 e. The number of hydrogen-bond donors (Lipinski definition) is 2. The summed E-state index contributed by atoms with van der Waals surface area (Å²) in [4.78, 5) is 4.12. The molecule has 2 aromatic rings. The summed E-state index contributed by atoms with van der Waals surface area (Å²) in [5, 5.41) is 4.00. The minimum absolute atomic E-state index is 0.167. The number of nitrogens with zero attached hydrogens (tertiary/aromatic N) is 1. The lowest BCUT2D eigenvalue weighted by atomic mass is 9.99. The van der Waals surface area contributed by atoms with Crippen molar-refractivity contribution in [1.29, 1.82) is 0 Å². The van der Waals surface area contributed by atoms with Gasteiger partial charge in [0.2, 0.25) is 0 Å². The van der Waals surface area contributed by atoms with Gasteiger partial charge in [-0.1, -0.05) is 17.7 Å². The zero-order valence-corrected chi connectivity index (χ0v) is 12.9. The number of likely N-dealkylation sites (N-methyl/N-ethyl adjacent to an activating group) is 1. The van der Waals surface area contributed by atoms with Gasteiger partial charge in [0.25, 0.3) is 0 Å². The van der Waals surface area contributed by atoms with E-state index in [-0.39, 0.29) is 6.04 Å².